The molecule has 158 valence electrons. The van der Waals surface area contributed by atoms with Gasteiger partial charge in [0.1, 0.15) is 12.3 Å². The molecule has 0 aliphatic carbocycles. The SMILES string of the molecule is COc1ccc2cc(-c3ccc(-c4cc[n+](CCCS(=O)(=O)[O-])cc4)cc3)ccc2c1. The van der Waals surface area contributed by atoms with Crippen molar-refractivity contribution in [1.29, 1.82) is 0 Å². The molecule has 0 radical (unpaired) electrons. The van der Waals surface area contributed by atoms with Crippen LogP contribution in [0.2, 0.25) is 0 Å². The van der Waals surface area contributed by atoms with Crippen molar-refractivity contribution in [2.45, 2.75) is 13.0 Å². The molecule has 4 aromatic rings. The van der Waals surface area contributed by atoms with E-state index in [1.807, 2.05) is 41.2 Å². The van der Waals surface area contributed by atoms with E-state index in [0.29, 0.717) is 13.0 Å². The molecule has 0 spiro atoms. The minimum absolute atomic E-state index is 0.309. The van der Waals surface area contributed by atoms with E-state index in [9.17, 15) is 13.0 Å². The minimum atomic E-state index is -4.16. The van der Waals surface area contributed by atoms with Gasteiger partial charge in [0.25, 0.3) is 0 Å². The van der Waals surface area contributed by atoms with Crippen LogP contribution in [0, 0.1) is 0 Å². The number of hydrogen-bond acceptors (Lipinski definition) is 4. The van der Waals surface area contributed by atoms with Crippen LogP contribution in [-0.2, 0) is 16.7 Å². The van der Waals surface area contributed by atoms with E-state index in [2.05, 4.69) is 48.5 Å². The van der Waals surface area contributed by atoms with Crippen molar-refractivity contribution < 1.29 is 22.3 Å². The maximum Gasteiger partial charge on any atom is 0.169 e. The smallest absolute Gasteiger partial charge is 0.169 e. The van der Waals surface area contributed by atoms with Gasteiger partial charge in [-0.25, -0.2) is 13.0 Å². The molecular formula is C25H23NO4S. The summed E-state index contributed by atoms with van der Waals surface area (Å²) in [6.07, 6.45) is 4.11. The van der Waals surface area contributed by atoms with Gasteiger partial charge in [-0.3, -0.25) is 0 Å². The highest BCUT2D eigenvalue weighted by molar-refractivity contribution is 7.85. The molecule has 0 atom stereocenters. The molecule has 6 heteroatoms. The molecule has 0 saturated carbocycles. The fourth-order valence-corrected chi connectivity index (χ4v) is 4.09. The summed E-state index contributed by atoms with van der Waals surface area (Å²) in [6, 6.07) is 24.9. The van der Waals surface area contributed by atoms with Crippen molar-refractivity contribution in [2.75, 3.05) is 12.9 Å². The Labute approximate surface area is 182 Å². The van der Waals surface area contributed by atoms with Crippen LogP contribution in [0.4, 0.5) is 0 Å². The Morgan fingerprint density at radius 2 is 1.32 bits per heavy atom. The lowest BCUT2D eigenvalue weighted by molar-refractivity contribution is -0.696. The molecule has 3 aromatic carbocycles. The summed E-state index contributed by atoms with van der Waals surface area (Å²) in [4.78, 5) is 0. The van der Waals surface area contributed by atoms with Gasteiger partial charge >= 0.3 is 0 Å². The molecule has 0 saturated heterocycles. The Bertz CT molecular complexity index is 1300. The molecule has 31 heavy (non-hydrogen) atoms. The zero-order valence-corrected chi connectivity index (χ0v) is 18.0. The molecule has 0 bridgehead atoms. The van der Waals surface area contributed by atoms with E-state index in [1.165, 1.54) is 5.39 Å². The largest absolute Gasteiger partial charge is 0.748 e. The molecular weight excluding hydrogens is 410 g/mol. The van der Waals surface area contributed by atoms with Crippen LogP contribution in [0.1, 0.15) is 6.42 Å². The molecule has 4 rings (SSSR count). The molecule has 1 heterocycles. The number of aromatic nitrogens is 1. The first kappa shape index (κ1) is 21.0. The second-order valence-electron chi connectivity index (χ2n) is 7.45. The number of fused-ring (bicyclic) bond motifs is 1. The average molecular weight is 434 g/mol. The number of ether oxygens (including phenoxy) is 1. The van der Waals surface area contributed by atoms with Crippen molar-refractivity contribution in [3.63, 3.8) is 0 Å². The summed E-state index contributed by atoms with van der Waals surface area (Å²) in [5, 5.41) is 2.31. The second-order valence-corrected chi connectivity index (χ2v) is 8.97. The first-order valence-electron chi connectivity index (χ1n) is 10.0. The summed E-state index contributed by atoms with van der Waals surface area (Å²) in [5.41, 5.74) is 4.48. The number of aryl methyl sites for hydroxylation is 1. The highest BCUT2D eigenvalue weighted by Gasteiger charge is 2.06. The Kier molecular flexibility index (Phi) is 6.02. The maximum atomic E-state index is 10.7. The number of pyridine rings is 1. The van der Waals surface area contributed by atoms with Crippen molar-refractivity contribution in [2.24, 2.45) is 0 Å². The molecule has 1 aromatic heterocycles. The van der Waals surface area contributed by atoms with Gasteiger partial charge in [0.2, 0.25) is 0 Å². The lowest BCUT2D eigenvalue weighted by atomic mass is 9.98. The van der Waals surface area contributed by atoms with Crippen LogP contribution in [0.25, 0.3) is 33.0 Å². The monoisotopic (exact) mass is 433 g/mol. The Morgan fingerprint density at radius 1 is 0.774 bits per heavy atom. The zero-order chi connectivity index (χ0) is 21.8. The van der Waals surface area contributed by atoms with Crippen LogP contribution in [0.3, 0.4) is 0 Å². The topological polar surface area (TPSA) is 70.3 Å². The van der Waals surface area contributed by atoms with Crippen molar-refractivity contribution in [3.05, 3.63) is 85.2 Å². The number of nitrogens with zero attached hydrogens (tertiary/aromatic N) is 1. The van der Waals surface area contributed by atoms with Gasteiger partial charge < -0.3 is 9.29 Å². The van der Waals surface area contributed by atoms with Crippen LogP contribution in [-0.4, -0.2) is 25.8 Å². The van der Waals surface area contributed by atoms with Gasteiger partial charge in [-0.1, -0.05) is 42.5 Å². The van der Waals surface area contributed by atoms with Crippen LogP contribution >= 0.6 is 0 Å². The molecule has 0 aliphatic heterocycles. The van der Waals surface area contributed by atoms with E-state index in [1.54, 1.807) is 7.11 Å². The minimum Gasteiger partial charge on any atom is -0.748 e. The second kappa shape index (κ2) is 8.88. The third-order valence-corrected chi connectivity index (χ3v) is 6.09. The van der Waals surface area contributed by atoms with E-state index >= 15 is 0 Å². The summed E-state index contributed by atoms with van der Waals surface area (Å²) in [5.74, 6) is 0.509. The van der Waals surface area contributed by atoms with Gasteiger partial charge in [-0.05, 0) is 51.2 Å². The number of hydrogen-bond donors (Lipinski definition) is 0. The summed E-state index contributed by atoms with van der Waals surface area (Å²) < 4.78 is 39.3. The molecule has 0 unspecified atom stereocenters. The molecule has 0 amide bonds. The first-order chi connectivity index (χ1) is 14.9. The van der Waals surface area contributed by atoms with Crippen molar-refractivity contribution in [1.82, 2.24) is 0 Å². The number of methoxy groups -OCH3 is 1. The predicted octanol–water partition coefficient (Wildman–Crippen LogP) is 4.41. The van der Waals surface area contributed by atoms with E-state index in [0.717, 1.165) is 33.4 Å². The quantitative estimate of drug-likeness (QED) is 0.320. The normalized spacial score (nSPS) is 11.5. The standard InChI is InChI=1S/C25H23NO4S/c1-30-25-10-9-23-17-22(7-8-24(23)18-25)20-5-3-19(4-6-20)21-11-14-26(15-12-21)13-2-16-31(27,28)29/h3-12,14-15,17-18H,2,13,16H2,1H3. The number of benzene rings is 3. The van der Waals surface area contributed by atoms with Gasteiger partial charge in [0.15, 0.2) is 12.4 Å². The molecule has 0 fully saturated rings. The van der Waals surface area contributed by atoms with E-state index in [-0.39, 0.29) is 5.75 Å². The molecule has 0 N–H and O–H groups in total. The highest BCUT2D eigenvalue weighted by Crippen LogP contribution is 2.28. The van der Waals surface area contributed by atoms with Gasteiger partial charge in [-0.2, -0.15) is 0 Å². The predicted molar refractivity (Wildman–Crippen MR) is 121 cm³/mol. The van der Waals surface area contributed by atoms with Crippen LogP contribution < -0.4 is 9.30 Å². The summed E-state index contributed by atoms with van der Waals surface area (Å²) >= 11 is 0. The molecule has 0 aliphatic rings. The van der Waals surface area contributed by atoms with Crippen molar-refractivity contribution >= 4 is 20.9 Å². The fourth-order valence-electron chi connectivity index (χ4n) is 3.61. The van der Waals surface area contributed by atoms with E-state index < -0.39 is 10.1 Å². The highest BCUT2D eigenvalue weighted by atomic mass is 32.2. The van der Waals surface area contributed by atoms with Crippen molar-refractivity contribution in [3.8, 4) is 28.0 Å². The summed E-state index contributed by atoms with van der Waals surface area (Å²) in [7, 11) is -2.49. The first-order valence-corrected chi connectivity index (χ1v) is 11.6. The lowest BCUT2D eigenvalue weighted by Gasteiger charge is -2.08. The third-order valence-electron chi connectivity index (χ3n) is 5.30. The van der Waals surface area contributed by atoms with Gasteiger partial charge in [-0.15, -0.1) is 0 Å². The van der Waals surface area contributed by atoms with Crippen LogP contribution in [0.5, 0.6) is 5.75 Å². The zero-order valence-electron chi connectivity index (χ0n) is 17.2. The average Bonchev–Trinajstić information content (AvgIpc) is 2.78. The fraction of sp³-hybridized carbons (Fsp3) is 0.160. The molecule has 5 nitrogen and oxygen atoms in total. The Morgan fingerprint density at radius 3 is 1.97 bits per heavy atom. The number of rotatable bonds is 7. The Balaban J connectivity index is 1.48. The Hall–Kier alpha value is -3.22. The lowest BCUT2D eigenvalue weighted by Crippen LogP contribution is -2.33. The maximum absolute atomic E-state index is 10.7. The van der Waals surface area contributed by atoms with Gasteiger partial charge in [0.05, 0.1) is 17.2 Å². The third kappa shape index (κ3) is 5.29. The van der Waals surface area contributed by atoms with Gasteiger partial charge in [0, 0.05) is 24.3 Å². The van der Waals surface area contributed by atoms with Crippen LogP contribution in [0.15, 0.2) is 85.2 Å². The van der Waals surface area contributed by atoms with E-state index in [4.69, 9.17) is 4.74 Å². The summed E-state index contributed by atoms with van der Waals surface area (Å²) in [6.45, 7) is 0.495.